The molecule has 1 amide bonds. The first-order valence-corrected chi connectivity index (χ1v) is 5.61. The van der Waals surface area contributed by atoms with Gasteiger partial charge in [0.25, 0.3) is 0 Å². The Morgan fingerprint density at radius 3 is 2.67 bits per heavy atom. The van der Waals surface area contributed by atoms with Gasteiger partial charge in [-0.05, 0) is 18.4 Å². The zero-order valence-electron chi connectivity index (χ0n) is 9.71. The van der Waals surface area contributed by atoms with Gasteiger partial charge in [0.1, 0.15) is 0 Å². The number of hydrogen-bond acceptors (Lipinski definition) is 2. The van der Waals surface area contributed by atoms with Gasteiger partial charge in [-0.15, -0.1) is 0 Å². The highest BCUT2D eigenvalue weighted by molar-refractivity contribution is 5.68. The summed E-state index contributed by atoms with van der Waals surface area (Å²) in [6.07, 6.45) is 0.325. The number of piperidine rings is 1. The van der Waals surface area contributed by atoms with E-state index in [-0.39, 0.29) is 11.0 Å². The number of likely N-dealkylation sites (tertiary alicyclic amines) is 1. The van der Waals surface area contributed by atoms with E-state index in [0.717, 1.165) is 19.5 Å². The van der Waals surface area contributed by atoms with Crippen molar-refractivity contribution in [3.63, 3.8) is 0 Å². The van der Waals surface area contributed by atoms with E-state index in [0.29, 0.717) is 12.5 Å². The van der Waals surface area contributed by atoms with Crippen molar-refractivity contribution in [1.82, 2.24) is 10.2 Å². The molecule has 0 aromatic heterocycles. The average Bonchev–Trinajstić information content (AvgIpc) is 2.03. The van der Waals surface area contributed by atoms with Gasteiger partial charge >= 0.3 is 6.09 Å². The first kappa shape index (κ1) is 10.7. The molecule has 0 radical (unpaired) electrons. The maximum atomic E-state index is 11.2. The molecule has 4 nitrogen and oxygen atoms in total. The largest absolute Gasteiger partial charge is 0.465 e. The summed E-state index contributed by atoms with van der Waals surface area (Å²) in [4.78, 5) is 12.8. The minimum Gasteiger partial charge on any atom is -0.465 e. The van der Waals surface area contributed by atoms with Crippen LogP contribution in [0.4, 0.5) is 4.79 Å². The molecule has 4 heteroatoms. The molecule has 2 heterocycles. The Kier molecular flexibility index (Phi) is 2.23. The molecule has 15 heavy (non-hydrogen) atoms. The van der Waals surface area contributed by atoms with Crippen LogP contribution in [0, 0.1) is 11.3 Å². The van der Waals surface area contributed by atoms with Crippen LogP contribution in [-0.4, -0.2) is 41.3 Å². The molecule has 2 rings (SSSR count). The highest BCUT2D eigenvalue weighted by Gasteiger charge is 2.62. The van der Waals surface area contributed by atoms with Crippen molar-refractivity contribution in [3.05, 3.63) is 0 Å². The molecule has 0 saturated carbocycles. The number of amides is 1. The number of hydrogen-bond donors (Lipinski definition) is 2. The van der Waals surface area contributed by atoms with Crippen LogP contribution in [0.3, 0.4) is 0 Å². The minimum atomic E-state index is -0.773. The lowest BCUT2D eigenvalue weighted by atomic mass is 9.57. The Morgan fingerprint density at radius 1 is 1.53 bits per heavy atom. The lowest BCUT2D eigenvalue weighted by Crippen LogP contribution is -2.79. The molecular formula is C11H20N2O2. The second-order valence-corrected chi connectivity index (χ2v) is 5.73. The first-order chi connectivity index (χ1) is 6.89. The van der Waals surface area contributed by atoms with Crippen molar-refractivity contribution in [1.29, 1.82) is 0 Å². The highest BCUT2D eigenvalue weighted by Crippen LogP contribution is 2.51. The summed E-state index contributed by atoms with van der Waals surface area (Å²) < 4.78 is 0. The van der Waals surface area contributed by atoms with Gasteiger partial charge < -0.3 is 15.3 Å². The van der Waals surface area contributed by atoms with Crippen molar-refractivity contribution < 1.29 is 9.90 Å². The van der Waals surface area contributed by atoms with Crippen LogP contribution in [0.2, 0.25) is 0 Å². The number of fused-ring (bicyclic) bond motifs is 1. The normalized spacial score (nSPS) is 35.7. The molecule has 2 N–H and O–H groups in total. The van der Waals surface area contributed by atoms with E-state index in [1.54, 1.807) is 4.90 Å². The first-order valence-electron chi connectivity index (χ1n) is 5.61. The van der Waals surface area contributed by atoms with E-state index >= 15 is 0 Å². The Hall–Kier alpha value is -0.770. The maximum absolute atomic E-state index is 11.2. The standard InChI is InChI=1S/C11H20N2O2/c1-10(2,3)11-7-12-5-4-8(11)6-13(11)9(14)15/h8,12H,4-7H2,1-3H3,(H,14,15)/t8-,11-/m1/s1. The predicted molar refractivity (Wildman–Crippen MR) is 57.9 cm³/mol. The zero-order valence-corrected chi connectivity index (χ0v) is 9.71. The fourth-order valence-electron chi connectivity index (χ4n) is 3.30. The Labute approximate surface area is 90.6 Å². The van der Waals surface area contributed by atoms with E-state index in [9.17, 15) is 9.90 Å². The molecule has 2 atom stereocenters. The van der Waals surface area contributed by atoms with Crippen LogP contribution in [0.5, 0.6) is 0 Å². The Morgan fingerprint density at radius 2 is 2.20 bits per heavy atom. The monoisotopic (exact) mass is 212 g/mol. The molecule has 2 fully saturated rings. The highest BCUT2D eigenvalue weighted by atomic mass is 16.4. The molecule has 0 aromatic carbocycles. The molecule has 0 bridgehead atoms. The molecule has 0 aromatic rings. The maximum Gasteiger partial charge on any atom is 0.407 e. The van der Waals surface area contributed by atoms with E-state index in [1.165, 1.54) is 0 Å². The number of nitrogens with one attached hydrogen (secondary N) is 1. The summed E-state index contributed by atoms with van der Waals surface area (Å²) in [6, 6.07) is 0. The van der Waals surface area contributed by atoms with Crippen LogP contribution in [0.15, 0.2) is 0 Å². The lowest BCUT2D eigenvalue weighted by molar-refractivity contribution is -0.139. The lowest BCUT2D eigenvalue weighted by Gasteiger charge is -2.65. The SMILES string of the molecule is CC(C)(C)[C@@]12CNCC[C@@H]1CN2C(=O)O. The number of nitrogens with zero attached hydrogens (tertiary/aromatic N) is 1. The van der Waals surface area contributed by atoms with Gasteiger partial charge in [-0.3, -0.25) is 0 Å². The van der Waals surface area contributed by atoms with E-state index in [2.05, 4.69) is 26.1 Å². The van der Waals surface area contributed by atoms with E-state index in [1.807, 2.05) is 0 Å². The molecule has 0 aliphatic carbocycles. The summed E-state index contributed by atoms with van der Waals surface area (Å²) in [5.74, 6) is 0.537. The van der Waals surface area contributed by atoms with Crippen LogP contribution in [-0.2, 0) is 0 Å². The van der Waals surface area contributed by atoms with Crippen LogP contribution in [0.1, 0.15) is 27.2 Å². The minimum absolute atomic E-state index is 0.00171. The Bertz CT molecular complexity index is 285. The van der Waals surface area contributed by atoms with Gasteiger partial charge in [0.15, 0.2) is 0 Å². The predicted octanol–water partition coefficient (Wildman–Crippen LogP) is 1.37. The summed E-state index contributed by atoms with van der Waals surface area (Å²) >= 11 is 0. The van der Waals surface area contributed by atoms with Crippen molar-refractivity contribution >= 4 is 6.09 Å². The molecular weight excluding hydrogens is 192 g/mol. The molecule has 0 spiro atoms. The number of carbonyl (C=O) groups is 1. The van der Waals surface area contributed by atoms with Gasteiger partial charge in [-0.25, -0.2) is 4.79 Å². The Balaban J connectivity index is 2.31. The van der Waals surface area contributed by atoms with Gasteiger partial charge in [-0.1, -0.05) is 20.8 Å². The molecule has 0 unspecified atom stereocenters. The third kappa shape index (κ3) is 1.27. The van der Waals surface area contributed by atoms with Crippen LogP contribution < -0.4 is 5.32 Å². The van der Waals surface area contributed by atoms with Crippen LogP contribution >= 0.6 is 0 Å². The average molecular weight is 212 g/mol. The topological polar surface area (TPSA) is 52.6 Å². The van der Waals surface area contributed by atoms with Gasteiger partial charge in [-0.2, -0.15) is 0 Å². The smallest absolute Gasteiger partial charge is 0.407 e. The van der Waals surface area contributed by atoms with E-state index in [4.69, 9.17) is 0 Å². The fourth-order valence-corrected chi connectivity index (χ4v) is 3.30. The van der Waals surface area contributed by atoms with Crippen molar-refractivity contribution in [2.45, 2.75) is 32.7 Å². The quantitative estimate of drug-likeness (QED) is 0.637. The summed E-state index contributed by atoms with van der Waals surface area (Å²) in [7, 11) is 0. The summed E-state index contributed by atoms with van der Waals surface area (Å²) in [5.41, 5.74) is -0.182. The summed E-state index contributed by atoms with van der Waals surface area (Å²) in [6.45, 7) is 8.96. The second-order valence-electron chi connectivity index (χ2n) is 5.73. The third-order valence-electron chi connectivity index (χ3n) is 4.15. The van der Waals surface area contributed by atoms with Crippen molar-refractivity contribution in [2.75, 3.05) is 19.6 Å². The molecule has 2 aliphatic heterocycles. The number of carboxylic acid groups (broad SMARTS) is 1. The molecule has 2 saturated heterocycles. The number of rotatable bonds is 0. The van der Waals surface area contributed by atoms with Gasteiger partial charge in [0.2, 0.25) is 0 Å². The molecule has 2 aliphatic rings. The molecule has 86 valence electrons. The van der Waals surface area contributed by atoms with Crippen LogP contribution in [0.25, 0.3) is 0 Å². The zero-order chi connectivity index (χ0) is 11.3. The van der Waals surface area contributed by atoms with Crippen molar-refractivity contribution in [3.8, 4) is 0 Å². The fraction of sp³-hybridized carbons (Fsp3) is 0.909. The van der Waals surface area contributed by atoms with Gasteiger partial charge in [0, 0.05) is 19.0 Å². The van der Waals surface area contributed by atoms with Crippen molar-refractivity contribution in [2.24, 2.45) is 11.3 Å². The van der Waals surface area contributed by atoms with Gasteiger partial charge in [0.05, 0.1) is 5.54 Å². The van der Waals surface area contributed by atoms with E-state index < -0.39 is 6.09 Å². The second kappa shape index (κ2) is 3.11. The third-order valence-corrected chi connectivity index (χ3v) is 4.15. The summed E-state index contributed by atoms with van der Waals surface area (Å²) in [5, 5.41) is 12.5.